The molecule has 0 aromatic carbocycles. The Morgan fingerprint density at radius 1 is 0.318 bits per heavy atom. The van der Waals surface area contributed by atoms with E-state index in [0.29, 0.717) is 25.9 Å². The van der Waals surface area contributed by atoms with Crippen LogP contribution in [0.5, 0.6) is 0 Å². The predicted octanol–water partition coefficient (Wildman–Crippen LogP) is 25.9. The van der Waals surface area contributed by atoms with Crippen LogP contribution in [0.2, 0.25) is 0 Å². The number of esters is 1. The molecule has 0 saturated heterocycles. The van der Waals surface area contributed by atoms with Crippen molar-refractivity contribution in [3.8, 4) is 0 Å². The van der Waals surface area contributed by atoms with Gasteiger partial charge in [0.25, 0.3) is 0 Å². The monoisotopic (exact) mass is 1200 g/mol. The molecule has 0 aromatic rings. The smallest absolute Gasteiger partial charge is 0.305 e. The Morgan fingerprint density at radius 3 is 0.835 bits per heavy atom. The van der Waals surface area contributed by atoms with Crippen molar-refractivity contribution in [2.24, 2.45) is 0 Å². The highest BCUT2D eigenvalue weighted by Gasteiger charge is 2.20. The van der Waals surface area contributed by atoms with Crippen molar-refractivity contribution in [1.82, 2.24) is 5.32 Å². The van der Waals surface area contributed by atoms with Gasteiger partial charge >= 0.3 is 5.97 Å². The van der Waals surface area contributed by atoms with Gasteiger partial charge in [-0.2, -0.15) is 0 Å². The molecule has 6 nitrogen and oxygen atoms in total. The molecule has 0 aromatic heterocycles. The molecule has 0 spiro atoms. The lowest BCUT2D eigenvalue weighted by Gasteiger charge is -2.22. The minimum absolute atomic E-state index is 0.0210. The Kier molecular flexibility index (Phi) is 73.8. The lowest BCUT2D eigenvalue weighted by molar-refractivity contribution is -0.143. The average molecular weight is 1200 g/mol. The second-order valence-electron chi connectivity index (χ2n) is 27.4. The fourth-order valence-electron chi connectivity index (χ4n) is 12.8. The van der Waals surface area contributed by atoms with E-state index in [4.69, 9.17) is 4.74 Å². The molecule has 1 amide bonds. The Morgan fingerprint density at radius 2 is 0.553 bits per heavy atom. The number of aliphatic hydroxyl groups excluding tert-OH is 2. The highest BCUT2D eigenvalue weighted by atomic mass is 16.5. The zero-order valence-corrected chi connectivity index (χ0v) is 58.1. The lowest BCUT2D eigenvalue weighted by atomic mass is 10.0. The van der Waals surface area contributed by atoms with Gasteiger partial charge in [-0.1, -0.05) is 405 Å². The van der Waals surface area contributed by atoms with E-state index < -0.39 is 12.1 Å². The predicted molar refractivity (Wildman–Crippen MR) is 375 cm³/mol. The number of allylic oxidation sites excluding steroid dienone is 2. The number of carbonyl (C=O) groups excluding carboxylic acids is 2. The maximum Gasteiger partial charge on any atom is 0.305 e. The van der Waals surface area contributed by atoms with Crippen LogP contribution in [0.3, 0.4) is 0 Å². The van der Waals surface area contributed by atoms with Crippen molar-refractivity contribution in [3.05, 3.63) is 12.2 Å². The number of carbonyl (C=O) groups is 2. The first-order valence-electron chi connectivity index (χ1n) is 39.4. The van der Waals surface area contributed by atoms with Crippen molar-refractivity contribution in [2.45, 2.75) is 469 Å². The van der Waals surface area contributed by atoms with Crippen molar-refractivity contribution in [2.75, 3.05) is 13.2 Å². The maximum atomic E-state index is 12.6. The second-order valence-corrected chi connectivity index (χ2v) is 27.4. The standard InChI is InChI=1S/C79H155NO5/c1-3-5-7-9-11-13-15-16-17-18-19-20-36-39-42-45-48-52-55-59-63-67-71-77(82)76(75-81)80-78(83)72-68-64-60-56-53-49-46-43-40-37-34-32-30-28-26-24-22-21-23-25-27-29-31-33-35-38-41-44-47-50-54-58-62-66-70-74-85-79(84)73-69-65-61-57-51-14-12-10-8-6-4-2/h23,25,76-77,81-82H,3-22,24,26-75H2,1-2H3,(H,80,83)/b25-23-. The molecule has 2 unspecified atom stereocenters. The number of rotatable bonds is 75. The molecule has 85 heavy (non-hydrogen) atoms. The highest BCUT2D eigenvalue weighted by Crippen LogP contribution is 2.20. The van der Waals surface area contributed by atoms with Crippen molar-refractivity contribution in [3.63, 3.8) is 0 Å². The van der Waals surface area contributed by atoms with E-state index in [-0.39, 0.29) is 18.5 Å². The van der Waals surface area contributed by atoms with Crippen LogP contribution in [0.4, 0.5) is 0 Å². The molecule has 0 aliphatic carbocycles. The van der Waals surface area contributed by atoms with Crippen LogP contribution >= 0.6 is 0 Å². The van der Waals surface area contributed by atoms with Gasteiger partial charge in [-0.05, 0) is 51.4 Å². The number of amides is 1. The first-order chi connectivity index (χ1) is 42.0. The number of hydrogen-bond donors (Lipinski definition) is 3. The summed E-state index contributed by atoms with van der Waals surface area (Å²) < 4.78 is 5.48. The molecule has 3 N–H and O–H groups in total. The normalized spacial score (nSPS) is 12.5. The van der Waals surface area contributed by atoms with Crippen LogP contribution in [-0.4, -0.2) is 47.4 Å². The van der Waals surface area contributed by atoms with E-state index in [1.807, 2.05) is 0 Å². The van der Waals surface area contributed by atoms with Gasteiger partial charge in [-0.15, -0.1) is 0 Å². The second kappa shape index (κ2) is 75.1. The molecular formula is C79H155NO5. The van der Waals surface area contributed by atoms with E-state index in [2.05, 4.69) is 31.3 Å². The summed E-state index contributed by atoms with van der Waals surface area (Å²) in [6.45, 7) is 5.00. The van der Waals surface area contributed by atoms with Crippen LogP contribution in [-0.2, 0) is 14.3 Å². The maximum absolute atomic E-state index is 12.6. The molecular weight excluding hydrogens is 1040 g/mol. The van der Waals surface area contributed by atoms with E-state index in [9.17, 15) is 19.8 Å². The van der Waals surface area contributed by atoms with Crippen LogP contribution in [0, 0.1) is 0 Å². The molecule has 0 aliphatic rings. The summed E-state index contributed by atoms with van der Waals surface area (Å²) in [5.74, 6) is -0.00456. The Hall–Kier alpha value is -1.40. The minimum Gasteiger partial charge on any atom is -0.466 e. The average Bonchev–Trinajstić information content (AvgIpc) is 3.55. The van der Waals surface area contributed by atoms with Crippen LogP contribution in [0.25, 0.3) is 0 Å². The van der Waals surface area contributed by atoms with Crippen molar-refractivity contribution < 1.29 is 24.5 Å². The van der Waals surface area contributed by atoms with E-state index in [1.165, 1.54) is 385 Å². The first kappa shape index (κ1) is 83.6. The quantitative estimate of drug-likeness (QED) is 0.0320. The largest absolute Gasteiger partial charge is 0.466 e. The fourth-order valence-corrected chi connectivity index (χ4v) is 12.8. The molecule has 6 heteroatoms. The summed E-state index contributed by atoms with van der Waals surface area (Å²) in [6.07, 6.45) is 94.5. The SMILES string of the molecule is CCCCCCCCCCCCCCCCCCCCCCCCC(O)C(CO)NC(=O)CCCCCCCCCCCCCCCCCCC/C=C\CCCCCCCCCCCCCCCCOC(=O)CCCCCCCCCCCCC. The Balaban J connectivity index is 3.34. The number of ether oxygens (including phenoxy) is 1. The molecule has 2 atom stereocenters. The summed E-state index contributed by atoms with van der Waals surface area (Å²) in [7, 11) is 0. The third-order valence-electron chi connectivity index (χ3n) is 18.8. The summed E-state index contributed by atoms with van der Waals surface area (Å²) in [6, 6.07) is -0.539. The van der Waals surface area contributed by atoms with Crippen molar-refractivity contribution in [1.29, 1.82) is 0 Å². The minimum atomic E-state index is -0.662. The first-order valence-corrected chi connectivity index (χ1v) is 39.4. The molecule has 0 heterocycles. The van der Waals surface area contributed by atoms with Crippen LogP contribution in [0.15, 0.2) is 12.2 Å². The van der Waals surface area contributed by atoms with Gasteiger partial charge in [-0.3, -0.25) is 9.59 Å². The Labute approximate surface area is 533 Å². The van der Waals surface area contributed by atoms with Gasteiger partial charge in [0.1, 0.15) is 0 Å². The van der Waals surface area contributed by atoms with E-state index in [0.717, 1.165) is 38.5 Å². The van der Waals surface area contributed by atoms with Gasteiger partial charge in [0.2, 0.25) is 5.91 Å². The fraction of sp³-hybridized carbons (Fsp3) is 0.949. The number of hydrogen-bond acceptors (Lipinski definition) is 5. The highest BCUT2D eigenvalue weighted by molar-refractivity contribution is 5.76. The zero-order chi connectivity index (χ0) is 61.3. The van der Waals surface area contributed by atoms with Crippen LogP contribution in [0.1, 0.15) is 457 Å². The van der Waals surface area contributed by atoms with Crippen LogP contribution < -0.4 is 5.32 Å². The summed E-state index contributed by atoms with van der Waals surface area (Å²) in [5, 5.41) is 23.5. The van der Waals surface area contributed by atoms with Gasteiger partial charge in [0.15, 0.2) is 0 Å². The summed E-state index contributed by atoms with van der Waals surface area (Å²) >= 11 is 0. The topological polar surface area (TPSA) is 95.9 Å². The summed E-state index contributed by atoms with van der Waals surface area (Å²) in [5.41, 5.74) is 0. The van der Waals surface area contributed by atoms with Gasteiger partial charge in [0.05, 0.1) is 25.4 Å². The number of nitrogens with one attached hydrogen (secondary N) is 1. The number of unbranched alkanes of at least 4 members (excludes halogenated alkanes) is 62. The third-order valence-corrected chi connectivity index (χ3v) is 18.8. The zero-order valence-electron chi connectivity index (χ0n) is 58.1. The van der Waals surface area contributed by atoms with Crippen molar-refractivity contribution >= 4 is 11.9 Å². The lowest BCUT2D eigenvalue weighted by Crippen LogP contribution is -2.45. The Bertz CT molecular complexity index is 1290. The molecule has 0 bridgehead atoms. The van der Waals surface area contributed by atoms with E-state index >= 15 is 0 Å². The van der Waals surface area contributed by atoms with Gasteiger partial charge < -0.3 is 20.3 Å². The number of aliphatic hydroxyl groups is 2. The van der Waals surface area contributed by atoms with Gasteiger partial charge in [-0.25, -0.2) is 0 Å². The molecule has 0 saturated carbocycles. The molecule has 506 valence electrons. The third kappa shape index (κ3) is 71.6. The van der Waals surface area contributed by atoms with Gasteiger partial charge in [0, 0.05) is 12.8 Å². The molecule has 0 radical (unpaired) electrons. The molecule has 0 aliphatic heterocycles. The summed E-state index contributed by atoms with van der Waals surface area (Å²) in [4.78, 5) is 24.6. The van der Waals surface area contributed by atoms with E-state index in [1.54, 1.807) is 0 Å². The molecule has 0 fully saturated rings. The molecule has 0 rings (SSSR count).